The summed E-state index contributed by atoms with van der Waals surface area (Å²) in [5.74, 6) is -0.118. The van der Waals surface area contributed by atoms with Crippen LogP contribution in [0.5, 0.6) is 11.5 Å². The molecule has 0 atom stereocenters. The average Bonchev–Trinajstić information content (AvgIpc) is 2.55. The number of aromatic nitrogens is 1. The van der Waals surface area contributed by atoms with Crippen molar-refractivity contribution >= 4 is 54.7 Å². The van der Waals surface area contributed by atoms with Gasteiger partial charge in [-0.1, -0.05) is 12.1 Å². The zero-order chi connectivity index (χ0) is 15.7. The van der Waals surface area contributed by atoms with Crippen LogP contribution in [-0.2, 0) is 0 Å². The van der Waals surface area contributed by atoms with Gasteiger partial charge in [0, 0.05) is 23.4 Å². The van der Waals surface area contributed by atoms with E-state index in [-0.39, 0.29) is 16.0 Å². The molecule has 2 N–H and O–H groups in total. The molecule has 2 aromatic carbocycles. The minimum Gasteiger partial charge on any atom is -0.506 e. The molecule has 0 aliphatic rings. The number of halogens is 2. The summed E-state index contributed by atoms with van der Waals surface area (Å²) in [4.78, 5) is 8.63. The molecule has 0 spiro atoms. The summed E-state index contributed by atoms with van der Waals surface area (Å²) in [6.07, 6.45) is 3.27. The van der Waals surface area contributed by atoms with Crippen molar-refractivity contribution in [3.8, 4) is 11.5 Å². The normalized spacial score (nSPS) is 11.4. The van der Waals surface area contributed by atoms with E-state index < -0.39 is 0 Å². The number of rotatable bonds is 2. The molecular formula is C16H10Br2N2O2. The molecule has 0 radical (unpaired) electrons. The first-order chi connectivity index (χ1) is 10.6. The number of fused-ring (bicyclic) bond motifs is 1. The Labute approximate surface area is 143 Å². The Hall–Kier alpha value is -1.92. The van der Waals surface area contributed by atoms with E-state index in [9.17, 15) is 10.2 Å². The van der Waals surface area contributed by atoms with E-state index in [1.54, 1.807) is 12.3 Å². The Morgan fingerprint density at radius 3 is 2.68 bits per heavy atom. The lowest BCUT2D eigenvalue weighted by Gasteiger charge is -2.06. The fourth-order valence-corrected chi connectivity index (χ4v) is 3.15. The zero-order valence-electron chi connectivity index (χ0n) is 11.2. The van der Waals surface area contributed by atoms with E-state index in [4.69, 9.17) is 0 Å². The van der Waals surface area contributed by atoms with Crippen molar-refractivity contribution in [2.75, 3.05) is 0 Å². The lowest BCUT2D eigenvalue weighted by molar-refractivity contribution is 0.442. The maximum atomic E-state index is 10.0. The zero-order valence-corrected chi connectivity index (χ0v) is 14.3. The van der Waals surface area contributed by atoms with Crippen molar-refractivity contribution < 1.29 is 10.2 Å². The van der Waals surface area contributed by atoms with E-state index in [1.165, 1.54) is 6.21 Å². The third-order valence-electron chi connectivity index (χ3n) is 3.14. The van der Waals surface area contributed by atoms with Gasteiger partial charge in [-0.15, -0.1) is 0 Å². The smallest absolute Gasteiger partial charge is 0.147 e. The first kappa shape index (κ1) is 15.0. The van der Waals surface area contributed by atoms with Crippen molar-refractivity contribution in [2.24, 2.45) is 4.99 Å². The minimum absolute atomic E-state index is 0.0513. The Morgan fingerprint density at radius 2 is 1.86 bits per heavy atom. The topological polar surface area (TPSA) is 65.7 Å². The summed E-state index contributed by atoms with van der Waals surface area (Å²) in [6, 6.07) is 11.1. The van der Waals surface area contributed by atoms with Crippen molar-refractivity contribution in [3.05, 3.63) is 57.1 Å². The number of benzene rings is 2. The van der Waals surface area contributed by atoms with Gasteiger partial charge in [0.1, 0.15) is 16.0 Å². The average molecular weight is 422 g/mol. The Bertz CT molecular complexity index is 895. The first-order valence-corrected chi connectivity index (χ1v) is 7.93. The van der Waals surface area contributed by atoms with Crippen LogP contribution in [-0.4, -0.2) is 21.4 Å². The summed E-state index contributed by atoms with van der Waals surface area (Å²) in [6.45, 7) is 0. The summed E-state index contributed by atoms with van der Waals surface area (Å²) in [5, 5.41) is 20.8. The summed E-state index contributed by atoms with van der Waals surface area (Å²) in [5.41, 5.74) is 2.07. The van der Waals surface area contributed by atoms with Crippen LogP contribution in [0.15, 0.2) is 56.5 Å². The quantitative estimate of drug-likeness (QED) is 0.577. The molecule has 0 aliphatic carbocycles. The van der Waals surface area contributed by atoms with Crippen molar-refractivity contribution in [3.63, 3.8) is 0 Å². The number of hydrogen-bond donors (Lipinski definition) is 2. The second-order valence-corrected chi connectivity index (χ2v) is 6.24. The fourth-order valence-electron chi connectivity index (χ4n) is 1.99. The van der Waals surface area contributed by atoms with Gasteiger partial charge in [-0.05, 0) is 56.1 Å². The highest BCUT2D eigenvalue weighted by molar-refractivity contribution is 9.11. The molecule has 0 unspecified atom stereocenters. The molecule has 6 heteroatoms. The third-order valence-corrected chi connectivity index (χ3v) is 4.50. The van der Waals surface area contributed by atoms with Crippen molar-refractivity contribution in [2.45, 2.75) is 0 Å². The molecule has 1 aromatic heterocycles. The van der Waals surface area contributed by atoms with Gasteiger partial charge in [-0.2, -0.15) is 0 Å². The van der Waals surface area contributed by atoms with Gasteiger partial charge in [0.15, 0.2) is 0 Å². The lowest BCUT2D eigenvalue weighted by Crippen LogP contribution is -1.86. The monoisotopic (exact) mass is 420 g/mol. The van der Waals surface area contributed by atoms with Crippen LogP contribution >= 0.6 is 31.9 Å². The third kappa shape index (κ3) is 2.84. The molecule has 1 heterocycles. The predicted molar refractivity (Wildman–Crippen MR) is 94.2 cm³/mol. The fraction of sp³-hybridized carbons (Fsp3) is 0. The Kier molecular flexibility index (Phi) is 4.13. The van der Waals surface area contributed by atoms with Gasteiger partial charge in [-0.3, -0.25) is 9.98 Å². The summed E-state index contributed by atoms with van der Waals surface area (Å²) < 4.78 is 0.697. The molecule has 3 aromatic rings. The second-order valence-electron chi connectivity index (χ2n) is 4.60. The largest absolute Gasteiger partial charge is 0.506 e. The number of aliphatic imine (C=N–C) groups is 1. The highest BCUT2D eigenvalue weighted by Crippen LogP contribution is 2.40. The molecule has 0 saturated heterocycles. The molecule has 4 nitrogen and oxygen atoms in total. The van der Waals surface area contributed by atoms with Gasteiger partial charge in [0.05, 0.1) is 15.7 Å². The van der Waals surface area contributed by atoms with Crippen LogP contribution in [0.3, 0.4) is 0 Å². The molecule has 3 rings (SSSR count). The molecular weight excluding hydrogens is 412 g/mol. The second kappa shape index (κ2) is 6.06. The van der Waals surface area contributed by atoms with E-state index >= 15 is 0 Å². The maximum Gasteiger partial charge on any atom is 0.147 e. The number of pyridine rings is 1. The van der Waals surface area contributed by atoms with E-state index in [0.29, 0.717) is 10.0 Å². The number of nitrogens with zero attached hydrogens (tertiary/aromatic N) is 2. The van der Waals surface area contributed by atoms with Gasteiger partial charge < -0.3 is 10.2 Å². The summed E-state index contributed by atoms with van der Waals surface area (Å²) >= 11 is 6.36. The minimum atomic E-state index is -0.0663. The highest BCUT2D eigenvalue weighted by atomic mass is 79.9. The summed E-state index contributed by atoms with van der Waals surface area (Å²) in [7, 11) is 0. The predicted octanol–water partition coefficient (Wildman–Crippen LogP) is 4.92. The SMILES string of the molecule is Oc1c(Br)cc(/C=N/c2ccc3cccnc3c2)c(O)c1Br. The standard InChI is InChI=1S/C16H10Br2N2O2/c17-12-6-10(15(21)14(18)16(12)22)8-20-11-4-3-9-2-1-5-19-13(9)7-11/h1-8,21-22H/b20-8+. The molecule has 0 fully saturated rings. The molecule has 0 bridgehead atoms. The Balaban J connectivity index is 1.99. The van der Waals surface area contributed by atoms with Gasteiger partial charge in [-0.25, -0.2) is 0 Å². The van der Waals surface area contributed by atoms with Gasteiger partial charge >= 0.3 is 0 Å². The Morgan fingerprint density at radius 1 is 1.05 bits per heavy atom. The van der Waals surface area contributed by atoms with Gasteiger partial charge in [0.2, 0.25) is 0 Å². The first-order valence-electron chi connectivity index (χ1n) is 6.35. The van der Waals surface area contributed by atoms with Crippen molar-refractivity contribution in [1.29, 1.82) is 0 Å². The van der Waals surface area contributed by atoms with Crippen LogP contribution in [0, 0.1) is 0 Å². The van der Waals surface area contributed by atoms with E-state index in [0.717, 1.165) is 16.6 Å². The number of hydrogen-bond acceptors (Lipinski definition) is 4. The van der Waals surface area contributed by atoms with E-state index in [1.807, 2.05) is 30.3 Å². The molecule has 110 valence electrons. The maximum absolute atomic E-state index is 10.0. The van der Waals surface area contributed by atoms with Crippen LogP contribution in [0.1, 0.15) is 5.56 Å². The molecule has 0 amide bonds. The lowest BCUT2D eigenvalue weighted by atomic mass is 10.2. The number of aromatic hydroxyl groups is 2. The van der Waals surface area contributed by atoms with Crippen LogP contribution in [0.25, 0.3) is 10.9 Å². The number of phenolic OH excluding ortho intramolecular Hbond substituents is 2. The van der Waals surface area contributed by atoms with Crippen molar-refractivity contribution in [1.82, 2.24) is 4.98 Å². The van der Waals surface area contributed by atoms with E-state index in [2.05, 4.69) is 41.8 Å². The highest BCUT2D eigenvalue weighted by Gasteiger charge is 2.12. The van der Waals surface area contributed by atoms with Crippen LogP contribution < -0.4 is 0 Å². The van der Waals surface area contributed by atoms with Crippen LogP contribution in [0.4, 0.5) is 5.69 Å². The molecule has 0 saturated carbocycles. The van der Waals surface area contributed by atoms with Gasteiger partial charge in [0.25, 0.3) is 0 Å². The number of phenols is 2. The van der Waals surface area contributed by atoms with Crippen LogP contribution in [0.2, 0.25) is 0 Å². The molecule has 0 aliphatic heterocycles. The molecule has 22 heavy (non-hydrogen) atoms.